The number of halogens is 2. The molecule has 0 spiro atoms. The minimum absolute atomic E-state index is 0.0185. The molecule has 0 saturated carbocycles. The summed E-state index contributed by atoms with van der Waals surface area (Å²) in [5.41, 5.74) is 0.621. The van der Waals surface area contributed by atoms with E-state index in [9.17, 15) is 13.6 Å². The number of hydrogen-bond acceptors (Lipinski definition) is 1. The maximum absolute atomic E-state index is 13.4. The van der Waals surface area contributed by atoms with Crippen molar-refractivity contribution in [1.29, 1.82) is 0 Å². The second-order valence-corrected chi connectivity index (χ2v) is 3.57. The molecule has 1 nitrogen and oxygen atoms in total. The average Bonchev–Trinajstić information content (AvgIpc) is 2.20. The molecular formula is C12H10F2O. The zero-order chi connectivity index (χ0) is 10.8. The van der Waals surface area contributed by atoms with E-state index in [1.807, 2.05) is 0 Å². The summed E-state index contributed by atoms with van der Waals surface area (Å²) in [6.07, 6.45) is 2.70. The van der Waals surface area contributed by atoms with Gasteiger partial charge in [0.1, 0.15) is 17.4 Å². The highest BCUT2D eigenvalue weighted by Gasteiger charge is 2.17. The number of rotatable bonds is 1. The quantitative estimate of drug-likeness (QED) is 0.693. The van der Waals surface area contributed by atoms with Crippen LogP contribution in [-0.2, 0) is 4.79 Å². The number of allylic oxidation sites excluding steroid dienone is 2. The first-order valence-electron chi connectivity index (χ1n) is 4.83. The van der Waals surface area contributed by atoms with Crippen LogP contribution < -0.4 is 0 Å². The monoisotopic (exact) mass is 208 g/mol. The van der Waals surface area contributed by atoms with Gasteiger partial charge in [-0.25, -0.2) is 8.78 Å². The van der Waals surface area contributed by atoms with Gasteiger partial charge in [0.05, 0.1) is 0 Å². The fourth-order valence-electron chi connectivity index (χ4n) is 1.75. The summed E-state index contributed by atoms with van der Waals surface area (Å²) in [5.74, 6) is -0.998. The highest BCUT2D eigenvalue weighted by molar-refractivity contribution is 5.87. The molecule has 0 unspecified atom stereocenters. The first-order valence-corrected chi connectivity index (χ1v) is 4.83. The lowest BCUT2D eigenvalue weighted by molar-refractivity contribution is -0.118. The Bertz CT molecular complexity index is 415. The molecule has 0 fully saturated rings. The lowest BCUT2D eigenvalue weighted by Crippen LogP contribution is -2.05. The van der Waals surface area contributed by atoms with Crippen LogP contribution in [0.25, 0.3) is 5.57 Å². The van der Waals surface area contributed by atoms with Gasteiger partial charge in [-0.3, -0.25) is 4.79 Å². The molecule has 0 aliphatic heterocycles. The molecule has 0 amide bonds. The Labute approximate surface area is 86.4 Å². The number of carbonyl (C=O) groups is 1. The van der Waals surface area contributed by atoms with Gasteiger partial charge >= 0.3 is 0 Å². The van der Waals surface area contributed by atoms with Crippen molar-refractivity contribution in [2.75, 3.05) is 0 Å². The topological polar surface area (TPSA) is 17.1 Å². The fraction of sp³-hybridized carbons (Fsp3) is 0.250. The summed E-state index contributed by atoms with van der Waals surface area (Å²) in [6.45, 7) is 0. The smallest absolute Gasteiger partial charge is 0.137 e. The highest BCUT2D eigenvalue weighted by Crippen LogP contribution is 2.28. The molecule has 3 heteroatoms. The minimum atomic E-state index is -0.560. The predicted octanol–water partition coefficient (Wildman–Crippen LogP) is 3.10. The van der Waals surface area contributed by atoms with Crippen LogP contribution >= 0.6 is 0 Å². The summed E-state index contributed by atoms with van der Waals surface area (Å²) < 4.78 is 26.7. The van der Waals surface area contributed by atoms with Crippen LogP contribution in [0.2, 0.25) is 0 Å². The van der Waals surface area contributed by atoms with Gasteiger partial charge in [-0.1, -0.05) is 12.1 Å². The van der Waals surface area contributed by atoms with Gasteiger partial charge in [0.25, 0.3) is 0 Å². The minimum Gasteiger partial charge on any atom is -0.299 e. The summed E-state index contributed by atoms with van der Waals surface area (Å²) in [7, 11) is 0. The molecule has 0 bridgehead atoms. The zero-order valence-electron chi connectivity index (χ0n) is 8.09. The van der Waals surface area contributed by atoms with Crippen LogP contribution in [0.5, 0.6) is 0 Å². The second kappa shape index (κ2) is 3.93. The molecule has 1 aliphatic rings. The zero-order valence-corrected chi connectivity index (χ0v) is 8.09. The van der Waals surface area contributed by atoms with Gasteiger partial charge in [0.2, 0.25) is 0 Å². The summed E-state index contributed by atoms with van der Waals surface area (Å²) >= 11 is 0. The van der Waals surface area contributed by atoms with E-state index in [0.717, 1.165) is 0 Å². The van der Waals surface area contributed by atoms with Crippen LogP contribution in [0.4, 0.5) is 8.78 Å². The van der Waals surface area contributed by atoms with Crippen molar-refractivity contribution in [3.05, 3.63) is 41.5 Å². The van der Waals surface area contributed by atoms with Crippen LogP contribution in [-0.4, -0.2) is 5.78 Å². The number of Topliss-reactive ketones (excluding diaryl/α,β-unsaturated/α-hetero) is 1. The van der Waals surface area contributed by atoms with E-state index in [1.165, 1.54) is 18.2 Å². The molecule has 2 rings (SSSR count). The molecule has 0 aromatic heterocycles. The number of ketones is 1. The van der Waals surface area contributed by atoms with Crippen molar-refractivity contribution in [3.8, 4) is 0 Å². The summed E-state index contributed by atoms with van der Waals surface area (Å²) in [4.78, 5) is 11.0. The SMILES string of the molecule is O=C1CC=C(c2c(F)cccc2F)CC1. The van der Waals surface area contributed by atoms with Crippen LogP contribution in [0, 0.1) is 11.6 Å². The van der Waals surface area contributed by atoms with Gasteiger partial charge in [-0.15, -0.1) is 0 Å². The van der Waals surface area contributed by atoms with Crippen molar-refractivity contribution in [3.63, 3.8) is 0 Å². The van der Waals surface area contributed by atoms with Crippen molar-refractivity contribution < 1.29 is 13.6 Å². The third-order valence-corrected chi connectivity index (χ3v) is 2.53. The van der Waals surface area contributed by atoms with E-state index in [-0.39, 0.29) is 17.8 Å². The molecule has 0 N–H and O–H groups in total. The standard InChI is InChI=1S/C12H10F2O/c13-10-2-1-3-11(14)12(10)8-4-6-9(15)7-5-8/h1-4H,5-7H2. The maximum atomic E-state index is 13.4. The predicted molar refractivity (Wildman–Crippen MR) is 53.2 cm³/mol. The highest BCUT2D eigenvalue weighted by atomic mass is 19.1. The van der Waals surface area contributed by atoms with Crippen molar-refractivity contribution in [2.45, 2.75) is 19.3 Å². The van der Waals surface area contributed by atoms with Crippen molar-refractivity contribution in [2.24, 2.45) is 0 Å². The lowest BCUT2D eigenvalue weighted by Gasteiger charge is -2.13. The Morgan fingerprint density at radius 2 is 1.73 bits per heavy atom. The van der Waals surface area contributed by atoms with Gasteiger partial charge in [0, 0.05) is 18.4 Å². The molecule has 1 aromatic carbocycles. The van der Waals surface area contributed by atoms with Crippen LogP contribution in [0.15, 0.2) is 24.3 Å². The van der Waals surface area contributed by atoms with Crippen LogP contribution in [0.1, 0.15) is 24.8 Å². The Morgan fingerprint density at radius 1 is 1.07 bits per heavy atom. The van der Waals surface area contributed by atoms with E-state index in [4.69, 9.17) is 0 Å². The van der Waals surface area contributed by atoms with E-state index in [0.29, 0.717) is 18.4 Å². The van der Waals surface area contributed by atoms with E-state index in [1.54, 1.807) is 6.08 Å². The fourth-order valence-corrected chi connectivity index (χ4v) is 1.75. The van der Waals surface area contributed by atoms with Crippen molar-refractivity contribution >= 4 is 11.4 Å². The molecule has 0 heterocycles. The van der Waals surface area contributed by atoms with Gasteiger partial charge in [0.15, 0.2) is 0 Å². The molecular weight excluding hydrogens is 198 g/mol. The number of carbonyl (C=O) groups excluding carboxylic acids is 1. The van der Waals surface area contributed by atoms with Gasteiger partial charge in [-0.2, -0.15) is 0 Å². The molecule has 15 heavy (non-hydrogen) atoms. The van der Waals surface area contributed by atoms with E-state index < -0.39 is 11.6 Å². The van der Waals surface area contributed by atoms with Gasteiger partial charge in [-0.05, 0) is 24.1 Å². The van der Waals surface area contributed by atoms with E-state index in [2.05, 4.69) is 0 Å². The van der Waals surface area contributed by atoms with Gasteiger partial charge < -0.3 is 0 Å². The lowest BCUT2D eigenvalue weighted by atomic mass is 9.92. The summed E-state index contributed by atoms with van der Waals surface area (Å²) in [5, 5.41) is 0. The Kier molecular flexibility index (Phi) is 2.62. The third kappa shape index (κ3) is 1.96. The first-order chi connectivity index (χ1) is 7.18. The Balaban J connectivity index is 2.42. The average molecular weight is 208 g/mol. The normalized spacial score (nSPS) is 16.4. The number of benzene rings is 1. The molecule has 78 valence electrons. The largest absolute Gasteiger partial charge is 0.299 e. The van der Waals surface area contributed by atoms with Crippen molar-refractivity contribution in [1.82, 2.24) is 0 Å². The molecule has 0 atom stereocenters. The molecule has 0 radical (unpaired) electrons. The maximum Gasteiger partial charge on any atom is 0.137 e. The Hall–Kier alpha value is -1.51. The summed E-state index contributed by atoms with van der Waals surface area (Å²) in [6, 6.07) is 3.80. The first kappa shape index (κ1) is 10.0. The molecule has 1 aromatic rings. The second-order valence-electron chi connectivity index (χ2n) is 3.57. The molecule has 1 aliphatic carbocycles. The van der Waals surface area contributed by atoms with Crippen LogP contribution in [0.3, 0.4) is 0 Å². The third-order valence-electron chi connectivity index (χ3n) is 2.53. The number of hydrogen-bond donors (Lipinski definition) is 0. The molecule has 0 saturated heterocycles. The Morgan fingerprint density at radius 3 is 2.27 bits per heavy atom. The van der Waals surface area contributed by atoms with E-state index >= 15 is 0 Å².